The van der Waals surface area contributed by atoms with Crippen molar-refractivity contribution < 1.29 is 9.53 Å². The molecule has 0 aromatic carbocycles. The van der Waals surface area contributed by atoms with E-state index in [4.69, 9.17) is 10.5 Å². The molecule has 1 unspecified atom stereocenters. The molecule has 4 rings (SSSR count). The van der Waals surface area contributed by atoms with E-state index in [0.717, 1.165) is 5.92 Å². The van der Waals surface area contributed by atoms with E-state index >= 15 is 0 Å². The van der Waals surface area contributed by atoms with Crippen molar-refractivity contribution in [3.05, 3.63) is 0 Å². The Morgan fingerprint density at radius 1 is 1.24 bits per heavy atom. The molecule has 0 aromatic rings. The highest BCUT2D eigenvalue weighted by Gasteiger charge is 2.72. The third kappa shape index (κ3) is 1.48. The molecule has 0 radical (unpaired) electrons. The lowest BCUT2D eigenvalue weighted by atomic mass is 9.29. The topological polar surface area (TPSA) is 52.3 Å². The number of carbonyl (C=O) groups is 1. The van der Waals surface area contributed by atoms with Crippen LogP contribution in [0.4, 0.5) is 0 Å². The van der Waals surface area contributed by atoms with E-state index < -0.39 is 0 Å². The molecule has 0 heterocycles. The van der Waals surface area contributed by atoms with E-state index in [1.54, 1.807) is 0 Å². The van der Waals surface area contributed by atoms with Crippen molar-refractivity contribution >= 4 is 5.97 Å². The van der Waals surface area contributed by atoms with E-state index in [2.05, 4.69) is 0 Å². The zero-order valence-electron chi connectivity index (χ0n) is 10.7. The first-order valence-corrected chi connectivity index (χ1v) is 6.95. The maximum atomic E-state index is 11.5. The molecule has 0 aliphatic heterocycles. The van der Waals surface area contributed by atoms with Crippen LogP contribution in [0, 0.1) is 16.7 Å². The number of hydrogen-bond donors (Lipinski definition) is 1. The maximum absolute atomic E-state index is 11.5. The van der Waals surface area contributed by atoms with Gasteiger partial charge in [-0.1, -0.05) is 19.3 Å². The van der Waals surface area contributed by atoms with E-state index in [1.165, 1.54) is 58.5 Å². The second-order valence-electron chi connectivity index (χ2n) is 6.59. The second-order valence-corrected chi connectivity index (χ2v) is 6.59. The molecular weight excluding hydrogens is 214 g/mol. The minimum absolute atomic E-state index is 0.116. The highest BCUT2D eigenvalue weighted by Crippen LogP contribution is 2.78. The van der Waals surface area contributed by atoms with Crippen molar-refractivity contribution in [3.63, 3.8) is 0 Å². The molecule has 3 nitrogen and oxygen atoms in total. The Labute approximate surface area is 103 Å². The lowest BCUT2D eigenvalue weighted by molar-refractivity contribution is -0.252. The van der Waals surface area contributed by atoms with Gasteiger partial charge in [-0.2, -0.15) is 0 Å². The summed E-state index contributed by atoms with van der Waals surface area (Å²) in [5.41, 5.74) is 6.71. The lowest BCUT2D eigenvalue weighted by Crippen LogP contribution is -2.72. The van der Waals surface area contributed by atoms with Crippen LogP contribution in [-0.2, 0) is 9.53 Å². The first-order chi connectivity index (χ1) is 8.12. The number of esters is 1. The molecule has 2 bridgehead atoms. The van der Waals surface area contributed by atoms with Gasteiger partial charge < -0.3 is 10.5 Å². The quantitative estimate of drug-likeness (QED) is 0.766. The third-order valence-electron chi connectivity index (χ3n) is 5.70. The zero-order chi connectivity index (χ0) is 12.1. The van der Waals surface area contributed by atoms with Gasteiger partial charge in [0, 0.05) is 0 Å². The maximum Gasteiger partial charge on any atom is 0.323 e. The predicted octanol–water partition coefficient (Wildman–Crippen LogP) is 2.24. The van der Waals surface area contributed by atoms with Crippen molar-refractivity contribution in [2.24, 2.45) is 22.5 Å². The number of rotatable bonds is 3. The Hall–Kier alpha value is -0.570. The Kier molecular flexibility index (Phi) is 2.51. The van der Waals surface area contributed by atoms with Crippen molar-refractivity contribution in [3.8, 4) is 0 Å². The smallest absolute Gasteiger partial charge is 0.323 e. The summed E-state index contributed by atoms with van der Waals surface area (Å²) >= 11 is 0. The van der Waals surface area contributed by atoms with Crippen LogP contribution >= 0.6 is 0 Å². The molecular formula is C14H23NO2. The third-order valence-corrected chi connectivity index (χ3v) is 5.70. The molecule has 0 saturated heterocycles. The monoisotopic (exact) mass is 237 g/mol. The zero-order valence-corrected chi connectivity index (χ0v) is 10.7. The minimum atomic E-state index is -0.377. The van der Waals surface area contributed by atoms with E-state index in [1.807, 2.05) is 0 Å². The molecule has 0 spiro atoms. The normalized spacial score (nSPS) is 42.2. The average molecular weight is 237 g/mol. The molecule has 2 N–H and O–H groups in total. The van der Waals surface area contributed by atoms with Gasteiger partial charge in [0.2, 0.25) is 0 Å². The summed E-state index contributed by atoms with van der Waals surface area (Å²) in [4.78, 5) is 11.5. The summed E-state index contributed by atoms with van der Waals surface area (Å²) in [6.07, 6.45) is 10.6. The Bertz CT molecular complexity index is 313. The fraction of sp³-hybridized carbons (Fsp3) is 0.929. The SMILES string of the molecule is COC(=O)C(N)C12CC(C3CCCCC3)(C1)C2. The molecule has 4 aliphatic carbocycles. The Balaban J connectivity index is 1.60. The van der Waals surface area contributed by atoms with Crippen LogP contribution in [0.2, 0.25) is 0 Å². The minimum Gasteiger partial charge on any atom is -0.468 e. The number of methoxy groups -OCH3 is 1. The largest absolute Gasteiger partial charge is 0.468 e. The molecule has 3 heteroatoms. The first-order valence-electron chi connectivity index (χ1n) is 6.95. The van der Waals surface area contributed by atoms with Crippen molar-refractivity contribution in [2.45, 2.75) is 57.4 Å². The number of nitrogens with two attached hydrogens (primary N) is 1. The molecule has 17 heavy (non-hydrogen) atoms. The van der Waals surface area contributed by atoms with Crippen LogP contribution in [0.25, 0.3) is 0 Å². The molecule has 4 aliphatic rings. The number of hydrogen-bond acceptors (Lipinski definition) is 3. The predicted molar refractivity (Wildman–Crippen MR) is 65.3 cm³/mol. The van der Waals surface area contributed by atoms with Gasteiger partial charge in [-0.25, -0.2) is 0 Å². The van der Waals surface area contributed by atoms with Gasteiger partial charge in [0.15, 0.2) is 0 Å². The Morgan fingerprint density at radius 2 is 1.82 bits per heavy atom. The van der Waals surface area contributed by atoms with Crippen LogP contribution < -0.4 is 5.73 Å². The van der Waals surface area contributed by atoms with Crippen molar-refractivity contribution in [1.29, 1.82) is 0 Å². The van der Waals surface area contributed by atoms with Gasteiger partial charge in [0.05, 0.1) is 7.11 Å². The molecule has 96 valence electrons. The lowest BCUT2D eigenvalue weighted by Gasteiger charge is -2.75. The molecule has 4 saturated carbocycles. The summed E-state index contributed by atoms with van der Waals surface area (Å²) < 4.78 is 4.77. The average Bonchev–Trinajstić information content (AvgIpc) is 2.26. The highest BCUT2D eigenvalue weighted by atomic mass is 16.5. The fourth-order valence-corrected chi connectivity index (χ4v) is 4.80. The molecule has 1 atom stereocenters. The van der Waals surface area contributed by atoms with Crippen molar-refractivity contribution in [2.75, 3.05) is 7.11 Å². The molecule has 0 amide bonds. The van der Waals surface area contributed by atoms with Crippen LogP contribution in [0.15, 0.2) is 0 Å². The van der Waals surface area contributed by atoms with Gasteiger partial charge >= 0.3 is 5.97 Å². The molecule has 4 fully saturated rings. The van der Waals surface area contributed by atoms with Crippen LogP contribution in [0.5, 0.6) is 0 Å². The summed E-state index contributed by atoms with van der Waals surface area (Å²) in [5, 5.41) is 0. The highest BCUT2D eigenvalue weighted by molar-refractivity contribution is 5.77. The van der Waals surface area contributed by atoms with Gasteiger partial charge in [-0.3, -0.25) is 4.79 Å². The second kappa shape index (κ2) is 3.71. The van der Waals surface area contributed by atoms with Crippen molar-refractivity contribution in [1.82, 2.24) is 0 Å². The van der Waals surface area contributed by atoms with E-state index in [0.29, 0.717) is 5.41 Å². The fourth-order valence-electron chi connectivity index (χ4n) is 4.80. The summed E-state index contributed by atoms with van der Waals surface area (Å²) in [6.45, 7) is 0. The van der Waals surface area contributed by atoms with Gasteiger partial charge in [-0.05, 0) is 48.9 Å². The van der Waals surface area contributed by atoms with E-state index in [-0.39, 0.29) is 17.4 Å². The van der Waals surface area contributed by atoms with E-state index in [9.17, 15) is 4.79 Å². The van der Waals surface area contributed by atoms with Crippen LogP contribution in [0.1, 0.15) is 51.4 Å². The number of carbonyl (C=O) groups excluding carboxylic acids is 1. The first kappa shape index (κ1) is 11.5. The standard InChI is InChI=1S/C14H23NO2/c1-17-12(16)11(15)14-7-13(8-14,9-14)10-5-3-2-4-6-10/h10-11H,2-9,15H2,1H3. The van der Waals surface area contributed by atoms with Crippen LogP contribution in [0.3, 0.4) is 0 Å². The molecule has 0 aromatic heterocycles. The Morgan fingerprint density at radius 3 is 2.35 bits per heavy atom. The summed E-state index contributed by atoms with van der Waals surface area (Å²) in [6, 6.07) is -0.377. The van der Waals surface area contributed by atoms with Gasteiger partial charge in [0.25, 0.3) is 0 Å². The summed E-state index contributed by atoms with van der Waals surface area (Å²) in [5.74, 6) is 0.699. The van der Waals surface area contributed by atoms with Crippen LogP contribution in [-0.4, -0.2) is 19.1 Å². The van der Waals surface area contributed by atoms with Gasteiger partial charge in [-0.15, -0.1) is 0 Å². The van der Waals surface area contributed by atoms with Gasteiger partial charge in [0.1, 0.15) is 6.04 Å². The summed E-state index contributed by atoms with van der Waals surface area (Å²) in [7, 11) is 1.44. The number of ether oxygens (including phenoxy) is 1.